The Hall–Kier alpha value is -1.23. The molecular formula is C16H24N4S. The lowest BCUT2D eigenvalue weighted by Crippen LogP contribution is -2.27. The van der Waals surface area contributed by atoms with E-state index in [-0.39, 0.29) is 5.41 Å². The Balaban J connectivity index is 1.86. The van der Waals surface area contributed by atoms with Gasteiger partial charge in [-0.15, -0.1) is 0 Å². The van der Waals surface area contributed by atoms with Crippen LogP contribution in [0.3, 0.4) is 0 Å². The standard InChI is InChI=1S/C16H24N4S/c1-15(2,3)13-10-12-14(17-7-8-20(12)19-13)18-11-16(4)6-5-9-21-16/h7-8,10H,5-6,9,11H2,1-4H3,(H,17,18). The molecular weight excluding hydrogens is 280 g/mol. The molecule has 1 atom stereocenters. The highest BCUT2D eigenvalue weighted by atomic mass is 32.2. The maximum Gasteiger partial charge on any atom is 0.152 e. The summed E-state index contributed by atoms with van der Waals surface area (Å²) >= 11 is 2.07. The second kappa shape index (κ2) is 5.20. The summed E-state index contributed by atoms with van der Waals surface area (Å²) < 4.78 is 2.27. The molecule has 1 aliphatic heterocycles. The van der Waals surface area contributed by atoms with Crippen molar-refractivity contribution in [3.8, 4) is 0 Å². The molecule has 21 heavy (non-hydrogen) atoms. The third-order valence-corrected chi connectivity index (χ3v) is 5.63. The number of hydrogen-bond acceptors (Lipinski definition) is 4. The van der Waals surface area contributed by atoms with Gasteiger partial charge in [-0.2, -0.15) is 16.9 Å². The minimum Gasteiger partial charge on any atom is -0.367 e. The molecule has 114 valence electrons. The van der Waals surface area contributed by atoms with Gasteiger partial charge in [0.05, 0.1) is 5.69 Å². The minimum atomic E-state index is 0.0522. The van der Waals surface area contributed by atoms with E-state index in [1.165, 1.54) is 18.6 Å². The van der Waals surface area contributed by atoms with E-state index < -0.39 is 0 Å². The first-order valence-electron chi connectivity index (χ1n) is 7.60. The third kappa shape index (κ3) is 3.03. The van der Waals surface area contributed by atoms with Gasteiger partial charge >= 0.3 is 0 Å². The van der Waals surface area contributed by atoms with E-state index in [0.29, 0.717) is 4.75 Å². The van der Waals surface area contributed by atoms with Crippen LogP contribution in [0, 0.1) is 0 Å². The SMILES string of the molecule is CC1(CNc2nccn3nc(C(C)(C)C)cc23)CCCS1. The molecule has 1 N–H and O–H groups in total. The molecule has 0 saturated carbocycles. The molecule has 2 aromatic heterocycles. The maximum atomic E-state index is 4.67. The fraction of sp³-hybridized carbons (Fsp3) is 0.625. The quantitative estimate of drug-likeness (QED) is 0.938. The van der Waals surface area contributed by atoms with Gasteiger partial charge in [0.1, 0.15) is 5.52 Å². The summed E-state index contributed by atoms with van der Waals surface area (Å²) in [6.45, 7) is 9.86. The zero-order valence-electron chi connectivity index (χ0n) is 13.3. The number of nitrogens with one attached hydrogen (secondary N) is 1. The van der Waals surface area contributed by atoms with Crippen LogP contribution in [0.5, 0.6) is 0 Å². The molecule has 3 heterocycles. The van der Waals surface area contributed by atoms with Gasteiger partial charge in [0.15, 0.2) is 5.82 Å². The van der Waals surface area contributed by atoms with Crippen molar-refractivity contribution in [1.29, 1.82) is 0 Å². The highest BCUT2D eigenvalue weighted by Gasteiger charge is 2.29. The van der Waals surface area contributed by atoms with Gasteiger partial charge in [-0.3, -0.25) is 0 Å². The van der Waals surface area contributed by atoms with Crippen LogP contribution >= 0.6 is 11.8 Å². The molecule has 0 aromatic carbocycles. The van der Waals surface area contributed by atoms with Crippen molar-refractivity contribution in [3.63, 3.8) is 0 Å². The van der Waals surface area contributed by atoms with Crippen LogP contribution in [0.15, 0.2) is 18.5 Å². The molecule has 0 aliphatic carbocycles. The molecule has 0 spiro atoms. The molecule has 2 aromatic rings. The molecule has 0 radical (unpaired) electrons. The zero-order valence-corrected chi connectivity index (χ0v) is 14.1. The number of anilines is 1. The molecule has 1 unspecified atom stereocenters. The minimum absolute atomic E-state index is 0.0522. The van der Waals surface area contributed by atoms with Crippen LogP contribution in [-0.2, 0) is 5.41 Å². The van der Waals surface area contributed by atoms with Crippen LogP contribution in [0.1, 0.15) is 46.2 Å². The Morgan fingerprint density at radius 3 is 2.90 bits per heavy atom. The monoisotopic (exact) mass is 304 g/mol. The zero-order chi connectivity index (χ0) is 15.1. The molecule has 3 rings (SSSR count). The number of fused-ring (bicyclic) bond motifs is 1. The van der Waals surface area contributed by atoms with Gasteiger partial charge in [-0.1, -0.05) is 20.8 Å². The Kier molecular flexibility index (Phi) is 3.64. The van der Waals surface area contributed by atoms with E-state index in [1.807, 2.05) is 16.9 Å². The van der Waals surface area contributed by atoms with Gasteiger partial charge in [0, 0.05) is 29.1 Å². The second-order valence-electron chi connectivity index (χ2n) is 7.14. The lowest BCUT2D eigenvalue weighted by molar-refractivity contribution is 0.562. The topological polar surface area (TPSA) is 42.2 Å². The van der Waals surface area contributed by atoms with Gasteiger partial charge in [-0.05, 0) is 31.6 Å². The van der Waals surface area contributed by atoms with E-state index >= 15 is 0 Å². The summed E-state index contributed by atoms with van der Waals surface area (Å²) in [6.07, 6.45) is 6.34. The molecule has 1 fully saturated rings. The molecule has 0 bridgehead atoms. The summed E-state index contributed by atoms with van der Waals surface area (Å²) in [5, 5.41) is 8.22. The van der Waals surface area contributed by atoms with Crippen LogP contribution in [0.2, 0.25) is 0 Å². The smallest absolute Gasteiger partial charge is 0.152 e. The van der Waals surface area contributed by atoms with Crippen molar-refractivity contribution in [2.24, 2.45) is 0 Å². The van der Waals surface area contributed by atoms with Gasteiger partial charge in [0.2, 0.25) is 0 Å². The summed E-state index contributed by atoms with van der Waals surface area (Å²) in [5.41, 5.74) is 2.21. The molecule has 1 saturated heterocycles. The van der Waals surface area contributed by atoms with Crippen molar-refractivity contribution < 1.29 is 0 Å². The molecule has 0 amide bonds. The number of hydrogen-bond donors (Lipinski definition) is 1. The fourth-order valence-corrected chi connectivity index (χ4v) is 3.92. The Labute approximate surface area is 130 Å². The first-order valence-corrected chi connectivity index (χ1v) is 8.59. The van der Waals surface area contributed by atoms with Gasteiger partial charge < -0.3 is 5.32 Å². The highest BCUT2D eigenvalue weighted by Crippen LogP contribution is 2.37. The van der Waals surface area contributed by atoms with Crippen molar-refractivity contribution in [2.45, 2.75) is 50.7 Å². The number of thioether (sulfide) groups is 1. The lowest BCUT2D eigenvalue weighted by Gasteiger charge is -2.23. The van der Waals surface area contributed by atoms with Crippen LogP contribution < -0.4 is 5.32 Å². The Bertz CT molecular complexity index is 635. The van der Waals surface area contributed by atoms with Crippen LogP contribution in [0.4, 0.5) is 5.82 Å². The van der Waals surface area contributed by atoms with E-state index in [0.717, 1.165) is 23.6 Å². The van der Waals surface area contributed by atoms with Gasteiger partial charge in [-0.25, -0.2) is 9.50 Å². The molecule has 1 aliphatic rings. The highest BCUT2D eigenvalue weighted by molar-refractivity contribution is 8.00. The Morgan fingerprint density at radius 1 is 1.43 bits per heavy atom. The number of rotatable bonds is 3. The molecule has 5 heteroatoms. The number of aromatic nitrogens is 3. The first kappa shape index (κ1) is 14.7. The lowest BCUT2D eigenvalue weighted by atomic mass is 9.92. The first-order chi connectivity index (χ1) is 9.87. The third-order valence-electron chi connectivity index (χ3n) is 4.09. The summed E-state index contributed by atoms with van der Waals surface area (Å²) in [5.74, 6) is 2.21. The van der Waals surface area contributed by atoms with Crippen molar-refractivity contribution in [3.05, 3.63) is 24.2 Å². The van der Waals surface area contributed by atoms with E-state index in [9.17, 15) is 0 Å². The summed E-state index contributed by atoms with van der Waals surface area (Å²) in [7, 11) is 0. The predicted octanol–water partition coefficient (Wildman–Crippen LogP) is 3.72. The van der Waals surface area contributed by atoms with E-state index in [4.69, 9.17) is 0 Å². The normalized spacial score (nSPS) is 22.9. The summed E-state index contributed by atoms with van der Waals surface area (Å²) in [6, 6.07) is 2.15. The van der Waals surface area contributed by atoms with Crippen molar-refractivity contribution in [1.82, 2.24) is 14.6 Å². The van der Waals surface area contributed by atoms with Crippen molar-refractivity contribution >= 4 is 23.1 Å². The average Bonchev–Trinajstić information content (AvgIpc) is 3.02. The van der Waals surface area contributed by atoms with Crippen LogP contribution in [-0.4, -0.2) is 31.6 Å². The summed E-state index contributed by atoms with van der Waals surface area (Å²) in [4.78, 5) is 4.51. The average molecular weight is 304 g/mol. The van der Waals surface area contributed by atoms with E-state index in [2.05, 4.69) is 60.9 Å². The van der Waals surface area contributed by atoms with Gasteiger partial charge in [0.25, 0.3) is 0 Å². The van der Waals surface area contributed by atoms with E-state index in [1.54, 1.807) is 0 Å². The number of nitrogens with zero attached hydrogens (tertiary/aromatic N) is 3. The maximum absolute atomic E-state index is 4.67. The largest absolute Gasteiger partial charge is 0.367 e. The second-order valence-corrected chi connectivity index (χ2v) is 8.82. The Morgan fingerprint density at radius 2 is 2.24 bits per heavy atom. The fourth-order valence-electron chi connectivity index (χ4n) is 2.67. The predicted molar refractivity (Wildman–Crippen MR) is 90.3 cm³/mol. The van der Waals surface area contributed by atoms with Crippen LogP contribution in [0.25, 0.3) is 5.52 Å². The van der Waals surface area contributed by atoms with Crippen molar-refractivity contribution in [2.75, 3.05) is 17.6 Å². The molecule has 4 nitrogen and oxygen atoms in total.